The number of alkyl halides is 12. The van der Waals surface area contributed by atoms with Gasteiger partial charge in [-0.15, -0.1) is 0 Å². The molecule has 12 heteroatoms. The lowest BCUT2D eigenvalue weighted by molar-refractivity contribution is -0.170. The minimum atomic E-state index is -4.00. The average Bonchev–Trinajstić information content (AvgIpc) is 2.96. The van der Waals surface area contributed by atoms with Crippen LogP contribution in [0, 0.1) is 35.5 Å². The Labute approximate surface area is 309 Å². The number of unbranched alkanes of at least 4 members (excludes halogenated alkanes) is 1. The zero-order chi connectivity index (χ0) is 43.8. The minimum Gasteiger partial charge on any atom is -0.171 e. The summed E-state index contributed by atoms with van der Waals surface area (Å²) in [6, 6.07) is 0. The first-order chi connectivity index (χ1) is 22.7. The molecule has 324 valence electrons. The van der Waals surface area contributed by atoms with Gasteiger partial charge in [0.2, 0.25) is 0 Å². The van der Waals surface area contributed by atoms with E-state index in [-0.39, 0.29) is 18.3 Å². The van der Waals surface area contributed by atoms with Crippen molar-refractivity contribution in [3.63, 3.8) is 0 Å². The molecule has 0 saturated heterocycles. The molecule has 0 heterocycles. The highest BCUT2D eigenvalue weighted by molar-refractivity contribution is 4.58. The predicted molar refractivity (Wildman–Crippen MR) is 200 cm³/mol. The van der Waals surface area contributed by atoms with Crippen molar-refractivity contribution in [1.82, 2.24) is 0 Å². The van der Waals surface area contributed by atoms with Crippen LogP contribution in [-0.4, -0.2) is 24.7 Å². The van der Waals surface area contributed by atoms with Crippen LogP contribution in [0.15, 0.2) is 0 Å². The van der Waals surface area contributed by atoms with Gasteiger partial charge in [0, 0.05) is 18.8 Å². The maximum Gasteiger partial charge on any atom is 0.391 e. The van der Waals surface area contributed by atoms with Crippen LogP contribution >= 0.6 is 0 Å². The highest BCUT2D eigenvalue weighted by Gasteiger charge is 2.34. The van der Waals surface area contributed by atoms with Crippen LogP contribution in [0.2, 0.25) is 0 Å². The van der Waals surface area contributed by atoms with E-state index >= 15 is 0 Å². The molecule has 0 spiro atoms. The van der Waals surface area contributed by atoms with Gasteiger partial charge in [-0.1, -0.05) is 177 Å². The first-order valence-corrected chi connectivity index (χ1v) is 18.9. The molecule has 0 nitrogen and oxygen atoms in total. The second kappa shape index (κ2) is 45.3. The maximum atomic E-state index is 11.5. The highest BCUT2D eigenvalue weighted by Crippen LogP contribution is 2.28. The van der Waals surface area contributed by atoms with Gasteiger partial charge in [-0.2, -0.15) is 52.7 Å². The molecule has 0 radical (unpaired) electrons. The third-order valence-electron chi connectivity index (χ3n) is 5.70. The molecule has 0 aromatic carbocycles. The van der Waals surface area contributed by atoms with E-state index in [1.807, 2.05) is 13.8 Å². The minimum absolute atomic E-state index is 0.170. The third-order valence-corrected chi connectivity index (χ3v) is 5.70. The van der Waals surface area contributed by atoms with E-state index in [2.05, 4.69) is 69.2 Å². The molecule has 0 aliphatic rings. The van der Waals surface area contributed by atoms with E-state index in [0.717, 1.165) is 25.7 Å². The van der Waals surface area contributed by atoms with Gasteiger partial charge in [0.05, 0.1) is 5.92 Å². The normalized spacial score (nSPS) is 12.5. The average molecular weight is 781 g/mol. The van der Waals surface area contributed by atoms with Crippen molar-refractivity contribution in [2.45, 2.75) is 221 Å². The molecule has 0 amide bonds. The summed E-state index contributed by atoms with van der Waals surface area (Å²) in [5, 5.41) is 0. The lowest BCUT2D eigenvalue weighted by Gasteiger charge is -2.11. The highest BCUT2D eigenvalue weighted by atomic mass is 19.4. The summed E-state index contributed by atoms with van der Waals surface area (Å²) < 4.78 is 137. The van der Waals surface area contributed by atoms with Gasteiger partial charge < -0.3 is 0 Å². The lowest BCUT2D eigenvalue weighted by Crippen LogP contribution is -2.18. The van der Waals surface area contributed by atoms with Crippen LogP contribution < -0.4 is 0 Å². The van der Waals surface area contributed by atoms with Crippen LogP contribution in [0.25, 0.3) is 0 Å². The Morgan fingerprint density at radius 3 is 0.608 bits per heavy atom. The molecule has 0 aromatic heterocycles. The Hall–Kier alpha value is -0.840. The standard InChI is InChI=1S/2C6H11F3.C5H9F3.C5H12.C4H7F3.2C4H10.C3H8.C2H6/c2*1-3-5(2)4-6(7,8)9;1-3-4(2)5(6,7)8;1-4-5(2)3;1-3(2)4(5,6)7;1-4(2)3;1-3-4-2;1-3-2;1-2/h2*5H,3-4H2,1-2H3;4H,3H2,1-2H3;5H,4H2,1-3H3;3H,1-2H3;4H,1-3H3;3-4H2,1-2H3;3H2,1-2H3;1-2H3/t2*5-;;;;;;;/m00......./s1. The summed E-state index contributed by atoms with van der Waals surface area (Å²) in [7, 11) is 0. The van der Waals surface area contributed by atoms with Gasteiger partial charge in [-0.25, -0.2) is 0 Å². The van der Waals surface area contributed by atoms with Gasteiger partial charge in [-0.05, 0) is 30.1 Å². The fourth-order valence-corrected chi connectivity index (χ4v) is 1.31. The summed E-state index contributed by atoms with van der Waals surface area (Å²) in [6.45, 7) is 37.4. The lowest BCUT2D eigenvalue weighted by atomic mass is 10.1. The van der Waals surface area contributed by atoms with Crippen molar-refractivity contribution in [2.24, 2.45) is 35.5 Å². The number of rotatable bonds is 7. The van der Waals surface area contributed by atoms with E-state index < -0.39 is 49.4 Å². The first-order valence-electron chi connectivity index (χ1n) is 18.9. The summed E-state index contributed by atoms with van der Waals surface area (Å²) in [6.07, 6.45) is -10.7. The zero-order valence-electron chi connectivity index (χ0n) is 36.4. The third kappa shape index (κ3) is 120. The van der Waals surface area contributed by atoms with Crippen molar-refractivity contribution in [3.8, 4) is 0 Å². The fourth-order valence-electron chi connectivity index (χ4n) is 1.31. The van der Waals surface area contributed by atoms with E-state index in [1.54, 1.807) is 27.7 Å². The quantitative estimate of drug-likeness (QED) is 0.226. The molecule has 0 bridgehead atoms. The van der Waals surface area contributed by atoms with Crippen molar-refractivity contribution in [2.75, 3.05) is 0 Å². The predicted octanol–water partition coefficient (Wildman–Crippen LogP) is 18.7. The topological polar surface area (TPSA) is 0 Å². The Balaban J connectivity index is -0.0000000574. The van der Waals surface area contributed by atoms with Gasteiger partial charge >= 0.3 is 24.7 Å². The second-order valence-electron chi connectivity index (χ2n) is 13.5. The van der Waals surface area contributed by atoms with Crippen molar-refractivity contribution >= 4 is 0 Å². The van der Waals surface area contributed by atoms with Gasteiger partial charge in [0.25, 0.3) is 0 Å². The molecule has 0 fully saturated rings. The summed E-state index contributed by atoms with van der Waals surface area (Å²) in [5.41, 5.74) is 0. The van der Waals surface area contributed by atoms with Crippen LogP contribution in [0.3, 0.4) is 0 Å². The molecule has 3 atom stereocenters. The van der Waals surface area contributed by atoms with Crippen LogP contribution in [0.1, 0.15) is 196 Å². The molecule has 0 aliphatic heterocycles. The second-order valence-corrected chi connectivity index (χ2v) is 13.5. The van der Waals surface area contributed by atoms with E-state index in [1.165, 1.54) is 39.5 Å². The number of hydrogen-bond acceptors (Lipinski definition) is 0. The molecule has 0 aromatic rings. The molecule has 0 aliphatic carbocycles. The van der Waals surface area contributed by atoms with Crippen LogP contribution in [0.5, 0.6) is 0 Å². The molecular weight excluding hydrogens is 696 g/mol. The van der Waals surface area contributed by atoms with E-state index in [9.17, 15) is 52.7 Å². The van der Waals surface area contributed by atoms with Crippen LogP contribution in [-0.2, 0) is 0 Å². The van der Waals surface area contributed by atoms with E-state index in [0.29, 0.717) is 12.8 Å². The Bertz CT molecular complexity index is 548. The van der Waals surface area contributed by atoms with E-state index in [4.69, 9.17) is 0 Å². The first kappa shape index (κ1) is 71.6. The largest absolute Gasteiger partial charge is 0.391 e. The van der Waals surface area contributed by atoms with Gasteiger partial charge in [-0.3, -0.25) is 0 Å². The summed E-state index contributed by atoms with van der Waals surface area (Å²) in [5.74, 6) is -1.10. The Kier molecular flexibility index (Phi) is 63.6. The molecule has 1 unspecified atom stereocenters. The SMILES string of the molecule is CC.CC(C)C.CC(C)C(F)(F)F.CCC.CCC(C)C.CCC(C)C(F)(F)F.CCCC.CC[C@H](C)CC(F)(F)F.CC[C@H](C)CC(F)(F)F. The molecule has 0 N–H and O–H groups in total. The fraction of sp³-hybridized carbons (Fsp3) is 1.00. The zero-order valence-corrected chi connectivity index (χ0v) is 36.4. The Morgan fingerprint density at radius 1 is 0.392 bits per heavy atom. The molecule has 0 saturated carbocycles. The molecule has 0 rings (SSSR count). The van der Waals surface area contributed by atoms with Gasteiger partial charge in [0.1, 0.15) is 0 Å². The molecular formula is C39H84F12. The van der Waals surface area contributed by atoms with Gasteiger partial charge in [0.15, 0.2) is 0 Å². The Morgan fingerprint density at radius 2 is 0.588 bits per heavy atom. The monoisotopic (exact) mass is 781 g/mol. The summed E-state index contributed by atoms with van der Waals surface area (Å²) in [4.78, 5) is 0. The van der Waals surface area contributed by atoms with Crippen molar-refractivity contribution in [3.05, 3.63) is 0 Å². The summed E-state index contributed by atoms with van der Waals surface area (Å²) >= 11 is 0. The number of hydrogen-bond donors (Lipinski definition) is 0. The van der Waals surface area contributed by atoms with Crippen molar-refractivity contribution < 1.29 is 52.7 Å². The molecule has 51 heavy (non-hydrogen) atoms. The number of halogens is 12. The van der Waals surface area contributed by atoms with Crippen molar-refractivity contribution in [1.29, 1.82) is 0 Å². The smallest absolute Gasteiger partial charge is 0.171 e. The maximum absolute atomic E-state index is 11.5. The van der Waals surface area contributed by atoms with Crippen LogP contribution in [0.4, 0.5) is 52.7 Å².